The van der Waals surface area contributed by atoms with Crippen molar-refractivity contribution in [2.24, 2.45) is 0 Å². The summed E-state index contributed by atoms with van der Waals surface area (Å²) in [6.45, 7) is 2.84. The Balaban J connectivity index is 1.77. The van der Waals surface area contributed by atoms with Gasteiger partial charge in [0.15, 0.2) is 0 Å². The first-order valence-electron chi connectivity index (χ1n) is 8.87. The van der Waals surface area contributed by atoms with E-state index >= 15 is 0 Å². The molecule has 1 aliphatic rings. The summed E-state index contributed by atoms with van der Waals surface area (Å²) in [5, 5.41) is 11.7. The molecule has 5 nitrogen and oxygen atoms in total. The molecule has 0 aliphatic carbocycles. The second kappa shape index (κ2) is 7.83. The molecule has 0 radical (unpaired) electrons. The number of hydrogen-bond donors (Lipinski definition) is 1. The summed E-state index contributed by atoms with van der Waals surface area (Å²) in [7, 11) is 0. The van der Waals surface area contributed by atoms with Crippen LogP contribution in [0.4, 0.5) is 11.4 Å². The fraction of sp³-hybridized carbons (Fsp3) is 0.286. The predicted molar refractivity (Wildman–Crippen MR) is 101 cm³/mol. The average molecular weight is 347 g/mol. The molecule has 26 heavy (non-hydrogen) atoms. The molecular weight excluding hydrogens is 326 g/mol. The fourth-order valence-electron chi connectivity index (χ4n) is 3.10. The molecule has 2 aromatic carbocycles. The summed E-state index contributed by atoms with van der Waals surface area (Å²) >= 11 is 0. The molecule has 0 aromatic heterocycles. The van der Waals surface area contributed by atoms with E-state index in [2.05, 4.69) is 12.2 Å². The molecule has 0 saturated carbocycles. The van der Waals surface area contributed by atoms with Crippen LogP contribution in [0, 0.1) is 11.3 Å². The molecule has 5 heteroatoms. The van der Waals surface area contributed by atoms with Crippen molar-refractivity contribution in [3.63, 3.8) is 0 Å². The van der Waals surface area contributed by atoms with Crippen LogP contribution in [-0.4, -0.2) is 18.4 Å². The van der Waals surface area contributed by atoms with Crippen molar-refractivity contribution in [2.75, 3.05) is 16.8 Å². The van der Waals surface area contributed by atoms with Crippen LogP contribution >= 0.6 is 0 Å². The van der Waals surface area contributed by atoms with E-state index in [0.717, 1.165) is 30.6 Å². The highest BCUT2D eigenvalue weighted by Gasteiger charge is 2.23. The van der Waals surface area contributed by atoms with Crippen molar-refractivity contribution in [3.8, 4) is 6.07 Å². The molecule has 2 amide bonds. The number of anilines is 2. The summed E-state index contributed by atoms with van der Waals surface area (Å²) < 4.78 is 0. The standard InChI is InChI=1S/C21H21N3O2/c1-2-3-12-24-19-10-9-18(13-17(19)8-11-20(24)25)23-21(26)16-6-4-15(14-22)5-7-16/h4-7,9-10,13H,2-3,8,11-12H2,1H3,(H,23,26). The fourth-order valence-corrected chi connectivity index (χ4v) is 3.10. The predicted octanol–water partition coefficient (Wildman–Crippen LogP) is 3.89. The van der Waals surface area contributed by atoms with E-state index in [-0.39, 0.29) is 11.8 Å². The van der Waals surface area contributed by atoms with E-state index in [1.807, 2.05) is 29.2 Å². The van der Waals surface area contributed by atoms with Gasteiger partial charge in [0, 0.05) is 29.9 Å². The maximum atomic E-state index is 12.4. The van der Waals surface area contributed by atoms with Crippen molar-refractivity contribution in [1.82, 2.24) is 0 Å². The van der Waals surface area contributed by atoms with Gasteiger partial charge >= 0.3 is 0 Å². The van der Waals surface area contributed by atoms with E-state index < -0.39 is 0 Å². The zero-order chi connectivity index (χ0) is 18.5. The average Bonchev–Trinajstić information content (AvgIpc) is 2.67. The Hall–Kier alpha value is -3.13. The molecule has 132 valence electrons. The van der Waals surface area contributed by atoms with Crippen LogP contribution in [0.2, 0.25) is 0 Å². The zero-order valence-electron chi connectivity index (χ0n) is 14.8. The number of carbonyl (C=O) groups is 2. The van der Waals surface area contributed by atoms with E-state index in [1.165, 1.54) is 0 Å². The number of nitrogens with zero attached hydrogens (tertiary/aromatic N) is 2. The van der Waals surface area contributed by atoms with Gasteiger partial charge in [0.1, 0.15) is 0 Å². The minimum Gasteiger partial charge on any atom is -0.322 e. The number of nitriles is 1. The highest BCUT2D eigenvalue weighted by atomic mass is 16.2. The minimum absolute atomic E-state index is 0.167. The molecule has 1 N–H and O–H groups in total. The first-order valence-corrected chi connectivity index (χ1v) is 8.87. The third kappa shape index (κ3) is 3.75. The monoisotopic (exact) mass is 347 g/mol. The van der Waals surface area contributed by atoms with Crippen molar-refractivity contribution < 1.29 is 9.59 Å². The van der Waals surface area contributed by atoms with Crippen molar-refractivity contribution in [3.05, 3.63) is 59.2 Å². The normalized spacial score (nSPS) is 13.1. The van der Waals surface area contributed by atoms with E-state index in [1.54, 1.807) is 24.3 Å². The number of amides is 2. The number of benzene rings is 2. The van der Waals surface area contributed by atoms with Gasteiger partial charge < -0.3 is 10.2 Å². The van der Waals surface area contributed by atoms with Gasteiger partial charge in [-0.1, -0.05) is 13.3 Å². The Bertz CT molecular complexity index is 866. The molecule has 1 aliphatic heterocycles. The molecular formula is C21H21N3O2. The van der Waals surface area contributed by atoms with E-state index in [0.29, 0.717) is 29.7 Å². The van der Waals surface area contributed by atoms with Gasteiger partial charge in [0.2, 0.25) is 5.91 Å². The van der Waals surface area contributed by atoms with Gasteiger partial charge in [-0.05, 0) is 60.9 Å². The molecule has 2 aromatic rings. The summed E-state index contributed by atoms with van der Waals surface area (Å²) in [5.41, 5.74) is 3.76. The smallest absolute Gasteiger partial charge is 0.255 e. The molecule has 0 spiro atoms. The number of hydrogen-bond acceptors (Lipinski definition) is 3. The van der Waals surface area contributed by atoms with Crippen LogP contribution in [0.25, 0.3) is 0 Å². The maximum absolute atomic E-state index is 12.4. The lowest BCUT2D eigenvalue weighted by Crippen LogP contribution is -2.35. The molecule has 0 saturated heterocycles. The van der Waals surface area contributed by atoms with Crippen LogP contribution in [0.15, 0.2) is 42.5 Å². The number of nitrogens with one attached hydrogen (secondary N) is 1. The first-order chi connectivity index (χ1) is 12.6. The van der Waals surface area contributed by atoms with Gasteiger partial charge in [-0.2, -0.15) is 5.26 Å². The van der Waals surface area contributed by atoms with Gasteiger partial charge in [0.05, 0.1) is 11.6 Å². The van der Waals surface area contributed by atoms with Crippen molar-refractivity contribution in [2.45, 2.75) is 32.6 Å². The van der Waals surface area contributed by atoms with Crippen LogP contribution in [0.1, 0.15) is 47.7 Å². The van der Waals surface area contributed by atoms with Gasteiger partial charge in [-0.3, -0.25) is 9.59 Å². The molecule has 1 heterocycles. The van der Waals surface area contributed by atoms with Gasteiger partial charge in [-0.25, -0.2) is 0 Å². The van der Waals surface area contributed by atoms with Crippen LogP contribution in [-0.2, 0) is 11.2 Å². The Morgan fingerprint density at radius 3 is 2.65 bits per heavy atom. The first kappa shape index (κ1) is 17.7. The van der Waals surface area contributed by atoms with Crippen LogP contribution < -0.4 is 10.2 Å². The van der Waals surface area contributed by atoms with Crippen LogP contribution in [0.5, 0.6) is 0 Å². The van der Waals surface area contributed by atoms with Crippen molar-refractivity contribution in [1.29, 1.82) is 5.26 Å². The Morgan fingerprint density at radius 1 is 1.19 bits per heavy atom. The summed E-state index contributed by atoms with van der Waals surface area (Å²) in [6, 6.07) is 14.2. The summed E-state index contributed by atoms with van der Waals surface area (Å²) in [4.78, 5) is 26.4. The Morgan fingerprint density at radius 2 is 1.96 bits per heavy atom. The number of aryl methyl sites for hydroxylation is 1. The topological polar surface area (TPSA) is 73.2 Å². The Labute approximate surface area is 153 Å². The lowest BCUT2D eigenvalue weighted by Gasteiger charge is -2.29. The Kier molecular flexibility index (Phi) is 5.33. The number of unbranched alkanes of at least 4 members (excludes halogenated alkanes) is 1. The third-order valence-corrected chi connectivity index (χ3v) is 4.55. The molecule has 0 fully saturated rings. The van der Waals surface area contributed by atoms with Crippen LogP contribution in [0.3, 0.4) is 0 Å². The summed E-state index contributed by atoms with van der Waals surface area (Å²) in [6.07, 6.45) is 3.21. The minimum atomic E-state index is -0.218. The highest BCUT2D eigenvalue weighted by molar-refractivity contribution is 6.04. The highest BCUT2D eigenvalue weighted by Crippen LogP contribution is 2.30. The van der Waals surface area contributed by atoms with Crippen molar-refractivity contribution >= 4 is 23.2 Å². The molecule has 0 bridgehead atoms. The van der Waals surface area contributed by atoms with E-state index in [4.69, 9.17) is 5.26 Å². The maximum Gasteiger partial charge on any atom is 0.255 e. The summed E-state index contributed by atoms with van der Waals surface area (Å²) in [5.74, 6) is -0.0514. The lowest BCUT2D eigenvalue weighted by atomic mass is 10.00. The quantitative estimate of drug-likeness (QED) is 0.892. The molecule has 3 rings (SSSR count). The molecule has 0 unspecified atom stereocenters. The number of rotatable bonds is 5. The number of fused-ring (bicyclic) bond motifs is 1. The second-order valence-corrected chi connectivity index (χ2v) is 6.39. The zero-order valence-corrected chi connectivity index (χ0v) is 14.8. The lowest BCUT2D eigenvalue weighted by molar-refractivity contribution is -0.118. The second-order valence-electron chi connectivity index (χ2n) is 6.39. The SMILES string of the molecule is CCCCN1C(=O)CCc2cc(NC(=O)c3ccc(C#N)cc3)ccc21. The third-order valence-electron chi connectivity index (χ3n) is 4.55. The number of carbonyl (C=O) groups excluding carboxylic acids is 2. The van der Waals surface area contributed by atoms with E-state index in [9.17, 15) is 9.59 Å². The van der Waals surface area contributed by atoms with Gasteiger partial charge in [0.25, 0.3) is 5.91 Å². The largest absolute Gasteiger partial charge is 0.322 e. The van der Waals surface area contributed by atoms with Gasteiger partial charge in [-0.15, -0.1) is 0 Å². The molecule has 0 atom stereocenters.